The molecule has 0 bridgehead atoms. The van der Waals surface area contributed by atoms with Crippen LogP contribution in [0.1, 0.15) is 63.6 Å². The number of aromatic amines is 1. The molecule has 0 radical (unpaired) electrons. The fourth-order valence-corrected chi connectivity index (χ4v) is 5.50. The zero-order valence-corrected chi connectivity index (χ0v) is 17.1. The van der Waals surface area contributed by atoms with Gasteiger partial charge in [-0.2, -0.15) is 0 Å². The summed E-state index contributed by atoms with van der Waals surface area (Å²) in [6, 6.07) is 2.06. The van der Waals surface area contributed by atoms with Crippen molar-refractivity contribution < 1.29 is 4.74 Å². The number of hydrogen-bond donors (Lipinski definition) is 1. The molecule has 5 rings (SSSR count). The fourth-order valence-electron chi connectivity index (χ4n) is 5.50. The first-order valence-corrected chi connectivity index (χ1v) is 11.0. The molecule has 3 aromatic rings. The smallest absolute Gasteiger partial charge is 0.179 e. The summed E-state index contributed by atoms with van der Waals surface area (Å²) in [7, 11) is 0. The number of aromatic nitrogens is 5. The molecule has 3 atom stereocenters. The third-order valence-electron chi connectivity index (χ3n) is 7.04. The lowest BCUT2D eigenvalue weighted by Gasteiger charge is -2.29. The summed E-state index contributed by atoms with van der Waals surface area (Å²) in [5, 5.41) is 9.01. The van der Waals surface area contributed by atoms with Gasteiger partial charge in [-0.1, -0.05) is 13.3 Å². The Hall–Kier alpha value is -2.28. The Bertz CT molecular complexity index is 986. The third-order valence-corrected chi connectivity index (χ3v) is 7.04. The average molecular weight is 395 g/mol. The first-order valence-electron chi connectivity index (χ1n) is 11.0. The van der Waals surface area contributed by atoms with Crippen molar-refractivity contribution in [3.05, 3.63) is 24.3 Å². The summed E-state index contributed by atoms with van der Waals surface area (Å²) >= 11 is 0. The van der Waals surface area contributed by atoms with Gasteiger partial charge in [0.15, 0.2) is 11.3 Å². The lowest BCUT2D eigenvalue weighted by atomic mass is 9.87. The van der Waals surface area contributed by atoms with Crippen molar-refractivity contribution in [1.29, 1.82) is 0 Å². The van der Waals surface area contributed by atoms with E-state index in [0.717, 1.165) is 61.3 Å². The largest absolute Gasteiger partial charge is 0.375 e. The molecule has 3 heterocycles. The van der Waals surface area contributed by atoms with E-state index in [-0.39, 0.29) is 0 Å². The van der Waals surface area contributed by atoms with Crippen molar-refractivity contribution in [2.75, 3.05) is 6.54 Å². The van der Waals surface area contributed by atoms with Crippen LogP contribution in [0, 0.1) is 11.8 Å². The lowest BCUT2D eigenvalue weighted by Crippen LogP contribution is -2.26. The summed E-state index contributed by atoms with van der Waals surface area (Å²) < 4.78 is 8.78. The minimum absolute atomic E-state index is 0.319. The van der Waals surface area contributed by atoms with Crippen molar-refractivity contribution >= 4 is 23.5 Å². The van der Waals surface area contributed by atoms with Gasteiger partial charge in [0.25, 0.3) is 0 Å². The van der Waals surface area contributed by atoms with E-state index in [4.69, 9.17) is 4.74 Å². The first-order chi connectivity index (χ1) is 14.3. The summed E-state index contributed by atoms with van der Waals surface area (Å²) in [4.78, 5) is 11.7. The molecule has 3 unspecified atom stereocenters. The van der Waals surface area contributed by atoms with Gasteiger partial charge in [-0.3, -0.25) is 4.40 Å². The quantitative estimate of drug-likeness (QED) is 0.637. The van der Waals surface area contributed by atoms with E-state index in [9.17, 15) is 0 Å². The van der Waals surface area contributed by atoms with Crippen LogP contribution in [0.5, 0.6) is 0 Å². The second-order valence-electron chi connectivity index (χ2n) is 8.77. The Labute approximate surface area is 171 Å². The van der Waals surface area contributed by atoms with Crippen molar-refractivity contribution in [2.45, 2.75) is 70.0 Å². The SMILES string of the molecule is C=NCC1CCC(OC2CC(CC)C(c3nnc4cnc5[nH]ccc5n34)C2)CC1. The normalized spacial score (nSPS) is 30.3. The van der Waals surface area contributed by atoms with Crippen molar-refractivity contribution in [3.63, 3.8) is 0 Å². The molecule has 7 nitrogen and oxygen atoms in total. The van der Waals surface area contributed by atoms with E-state index in [2.05, 4.69) is 49.3 Å². The van der Waals surface area contributed by atoms with Crippen LogP contribution >= 0.6 is 0 Å². The van der Waals surface area contributed by atoms with Crippen LogP contribution in [-0.4, -0.2) is 50.0 Å². The third kappa shape index (κ3) is 3.45. The topological polar surface area (TPSA) is 80.5 Å². The maximum Gasteiger partial charge on any atom is 0.179 e. The predicted octanol–water partition coefficient (Wildman–Crippen LogP) is 4.15. The molecule has 0 saturated heterocycles. The molecular formula is C22H30N6O. The number of aliphatic imine (C=N–C) groups is 1. The summed E-state index contributed by atoms with van der Waals surface area (Å²) in [6.45, 7) is 6.83. The van der Waals surface area contributed by atoms with Gasteiger partial charge in [-0.25, -0.2) is 4.98 Å². The van der Waals surface area contributed by atoms with Crippen LogP contribution < -0.4 is 0 Å². The average Bonchev–Trinajstić information content (AvgIpc) is 3.46. The maximum atomic E-state index is 6.60. The molecule has 2 saturated carbocycles. The van der Waals surface area contributed by atoms with Gasteiger partial charge in [0.1, 0.15) is 5.82 Å². The molecule has 2 aliphatic rings. The molecule has 0 aliphatic heterocycles. The Morgan fingerprint density at radius 2 is 2.07 bits per heavy atom. The van der Waals surface area contributed by atoms with E-state index < -0.39 is 0 Å². The van der Waals surface area contributed by atoms with E-state index in [1.54, 1.807) is 6.20 Å². The molecule has 2 aliphatic carbocycles. The number of ether oxygens (including phenoxy) is 1. The summed E-state index contributed by atoms with van der Waals surface area (Å²) in [6.07, 6.45) is 12.5. The molecular weight excluding hydrogens is 364 g/mol. The van der Waals surface area contributed by atoms with Gasteiger partial charge in [0, 0.05) is 18.7 Å². The standard InChI is InChI=1S/C22H30N6O/c1-3-15-10-17(29-16-6-4-14(5-7-16)12-23-2)11-18(15)22-27-26-20-13-25-21-19(28(20)22)8-9-24-21/h8-9,13-18,24H,2-7,10-12H2,1H3. The van der Waals surface area contributed by atoms with Crippen LogP contribution in [0.2, 0.25) is 0 Å². The molecule has 7 heteroatoms. The Balaban J connectivity index is 1.33. The Kier molecular flexibility index (Phi) is 5.08. The molecule has 0 amide bonds. The van der Waals surface area contributed by atoms with Crippen molar-refractivity contribution in [2.24, 2.45) is 16.8 Å². The van der Waals surface area contributed by atoms with Gasteiger partial charge in [-0.05, 0) is 63.1 Å². The number of hydrogen-bond acceptors (Lipinski definition) is 5. The highest BCUT2D eigenvalue weighted by molar-refractivity contribution is 5.74. The highest BCUT2D eigenvalue weighted by Gasteiger charge is 2.39. The van der Waals surface area contributed by atoms with Gasteiger partial charge in [-0.15, -0.1) is 10.2 Å². The molecule has 1 N–H and O–H groups in total. The Morgan fingerprint density at radius 3 is 2.86 bits per heavy atom. The number of nitrogens with one attached hydrogen (secondary N) is 1. The van der Waals surface area contributed by atoms with Crippen molar-refractivity contribution in [3.8, 4) is 0 Å². The molecule has 0 aromatic carbocycles. The maximum absolute atomic E-state index is 6.60. The predicted molar refractivity (Wildman–Crippen MR) is 113 cm³/mol. The van der Waals surface area contributed by atoms with Crippen LogP contribution in [0.15, 0.2) is 23.5 Å². The van der Waals surface area contributed by atoms with Gasteiger partial charge in [0.05, 0.1) is 23.9 Å². The second-order valence-corrected chi connectivity index (χ2v) is 8.77. The molecule has 2 fully saturated rings. The second kappa shape index (κ2) is 7.86. The van der Waals surface area contributed by atoms with Crippen LogP contribution in [0.3, 0.4) is 0 Å². The first kappa shape index (κ1) is 18.7. The van der Waals surface area contributed by atoms with Gasteiger partial charge in [0.2, 0.25) is 0 Å². The fraction of sp³-hybridized carbons (Fsp3) is 0.636. The summed E-state index contributed by atoms with van der Waals surface area (Å²) in [5.74, 6) is 2.72. The number of fused-ring (bicyclic) bond motifs is 3. The van der Waals surface area contributed by atoms with E-state index >= 15 is 0 Å². The van der Waals surface area contributed by atoms with E-state index in [1.807, 2.05) is 6.20 Å². The van der Waals surface area contributed by atoms with E-state index in [0.29, 0.717) is 30.0 Å². The number of nitrogens with zero attached hydrogens (tertiary/aromatic N) is 5. The zero-order valence-electron chi connectivity index (χ0n) is 17.1. The monoisotopic (exact) mass is 394 g/mol. The minimum atomic E-state index is 0.319. The number of H-pyrrole nitrogens is 1. The van der Waals surface area contributed by atoms with Gasteiger partial charge >= 0.3 is 0 Å². The van der Waals surface area contributed by atoms with Crippen LogP contribution in [0.4, 0.5) is 0 Å². The summed E-state index contributed by atoms with van der Waals surface area (Å²) in [5.41, 5.74) is 2.75. The Morgan fingerprint density at radius 1 is 1.21 bits per heavy atom. The molecule has 154 valence electrons. The van der Waals surface area contributed by atoms with E-state index in [1.165, 1.54) is 12.8 Å². The van der Waals surface area contributed by atoms with Gasteiger partial charge < -0.3 is 14.7 Å². The zero-order chi connectivity index (χ0) is 19.8. The van der Waals surface area contributed by atoms with Crippen molar-refractivity contribution in [1.82, 2.24) is 24.6 Å². The van der Waals surface area contributed by atoms with Crippen LogP contribution in [-0.2, 0) is 4.74 Å². The number of rotatable bonds is 6. The highest BCUT2D eigenvalue weighted by Crippen LogP contribution is 2.43. The highest BCUT2D eigenvalue weighted by atomic mass is 16.5. The lowest BCUT2D eigenvalue weighted by molar-refractivity contribution is -0.0343. The minimum Gasteiger partial charge on any atom is -0.375 e. The molecule has 3 aromatic heterocycles. The van der Waals surface area contributed by atoms with Crippen LogP contribution in [0.25, 0.3) is 16.8 Å². The molecule has 0 spiro atoms. The molecule has 29 heavy (non-hydrogen) atoms.